The van der Waals surface area contributed by atoms with Gasteiger partial charge in [-0.25, -0.2) is 4.79 Å². The Morgan fingerprint density at radius 1 is 1.50 bits per heavy atom. The molecule has 0 saturated heterocycles. The van der Waals surface area contributed by atoms with Crippen LogP contribution in [-0.2, 0) is 17.8 Å². The highest BCUT2D eigenvalue weighted by molar-refractivity contribution is 6.33. The van der Waals surface area contributed by atoms with Gasteiger partial charge >= 0.3 is 5.97 Å². The first kappa shape index (κ1) is 14.4. The smallest absolute Gasteiger partial charge is 0.337 e. The highest BCUT2D eigenvalue weighted by atomic mass is 35.5. The fourth-order valence-electron chi connectivity index (χ4n) is 1.77. The molecule has 106 valence electrons. The molecule has 0 saturated carbocycles. The van der Waals surface area contributed by atoms with Gasteiger partial charge in [0, 0.05) is 24.8 Å². The molecule has 2 aromatic rings. The lowest BCUT2D eigenvalue weighted by atomic mass is 10.2. The summed E-state index contributed by atoms with van der Waals surface area (Å²) in [6, 6.07) is 4.98. The first-order valence-corrected chi connectivity index (χ1v) is 6.65. The average Bonchev–Trinajstić information content (AvgIpc) is 2.93. The van der Waals surface area contributed by atoms with Gasteiger partial charge in [-0.3, -0.25) is 4.68 Å². The van der Waals surface area contributed by atoms with E-state index in [-0.39, 0.29) is 5.97 Å². The molecule has 20 heavy (non-hydrogen) atoms. The van der Waals surface area contributed by atoms with Gasteiger partial charge in [0.15, 0.2) is 0 Å². The molecule has 2 rings (SSSR count). The van der Waals surface area contributed by atoms with Gasteiger partial charge in [-0.2, -0.15) is 5.10 Å². The lowest BCUT2D eigenvalue weighted by Crippen LogP contribution is -2.04. The van der Waals surface area contributed by atoms with Gasteiger partial charge in [-0.05, 0) is 25.1 Å². The van der Waals surface area contributed by atoms with E-state index in [2.05, 4.69) is 15.2 Å². The number of benzene rings is 1. The van der Waals surface area contributed by atoms with Crippen molar-refractivity contribution in [2.24, 2.45) is 0 Å². The molecule has 0 spiro atoms. The van der Waals surface area contributed by atoms with Gasteiger partial charge in [0.1, 0.15) is 0 Å². The maximum absolute atomic E-state index is 11.5. The van der Waals surface area contributed by atoms with Crippen LogP contribution in [0.2, 0.25) is 5.02 Å². The third-order valence-corrected chi connectivity index (χ3v) is 3.21. The third kappa shape index (κ3) is 3.30. The van der Waals surface area contributed by atoms with Crippen molar-refractivity contribution in [2.45, 2.75) is 20.0 Å². The summed E-state index contributed by atoms with van der Waals surface area (Å²) in [5.74, 6) is -0.386. The molecule has 0 aliphatic carbocycles. The zero-order chi connectivity index (χ0) is 14.5. The molecule has 0 atom stereocenters. The summed E-state index contributed by atoms with van der Waals surface area (Å²) >= 11 is 6.11. The van der Waals surface area contributed by atoms with Crippen LogP contribution >= 0.6 is 11.6 Å². The Kier molecular flexibility index (Phi) is 4.63. The molecule has 0 radical (unpaired) electrons. The molecule has 0 aliphatic heterocycles. The molecule has 0 amide bonds. The van der Waals surface area contributed by atoms with Crippen molar-refractivity contribution in [2.75, 3.05) is 12.4 Å². The predicted molar refractivity (Wildman–Crippen MR) is 78.0 cm³/mol. The Morgan fingerprint density at radius 2 is 2.30 bits per heavy atom. The number of rotatable bonds is 5. The second kappa shape index (κ2) is 6.43. The summed E-state index contributed by atoms with van der Waals surface area (Å²) in [6.07, 6.45) is 3.76. The Balaban J connectivity index is 2.10. The quantitative estimate of drug-likeness (QED) is 0.861. The first-order valence-electron chi connectivity index (χ1n) is 6.27. The molecule has 1 N–H and O–H groups in total. The zero-order valence-electron chi connectivity index (χ0n) is 11.4. The fourth-order valence-corrected chi connectivity index (χ4v) is 1.96. The van der Waals surface area contributed by atoms with E-state index in [1.54, 1.807) is 24.4 Å². The van der Waals surface area contributed by atoms with E-state index in [1.807, 2.05) is 17.8 Å². The number of nitrogens with zero attached hydrogens (tertiary/aromatic N) is 2. The SMILES string of the molecule is CCn1cc(CNc2cc(C(=O)OC)ccc2Cl)cn1. The van der Waals surface area contributed by atoms with Crippen LogP contribution in [-0.4, -0.2) is 22.9 Å². The van der Waals surface area contributed by atoms with Crippen molar-refractivity contribution in [1.82, 2.24) is 9.78 Å². The number of aryl methyl sites for hydroxylation is 1. The number of aromatic nitrogens is 2. The molecule has 1 heterocycles. The maximum atomic E-state index is 11.5. The highest BCUT2D eigenvalue weighted by Crippen LogP contribution is 2.24. The van der Waals surface area contributed by atoms with Crippen molar-refractivity contribution in [3.63, 3.8) is 0 Å². The predicted octanol–water partition coefficient (Wildman–Crippen LogP) is 2.96. The molecule has 1 aromatic heterocycles. The topological polar surface area (TPSA) is 56.2 Å². The number of anilines is 1. The molecule has 0 unspecified atom stereocenters. The average molecular weight is 294 g/mol. The third-order valence-electron chi connectivity index (χ3n) is 2.88. The number of hydrogen-bond acceptors (Lipinski definition) is 4. The molecular weight excluding hydrogens is 278 g/mol. The van der Waals surface area contributed by atoms with Crippen molar-refractivity contribution in [3.05, 3.63) is 46.7 Å². The lowest BCUT2D eigenvalue weighted by molar-refractivity contribution is 0.0601. The molecule has 0 fully saturated rings. The van der Waals surface area contributed by atoms with Gasteiger partial charge in [-0.15, -0.1) is 0 Å². The van der Waals surface area contributed by atoms with Crippen LogP contribution in [0.15, 0.2) is 30.6 Å². The van der Waals surface area contributed by atoms with Crippen molar-refractivity contribution < 1.29 is 9.53 Å². The first-order chi connectivity index (χ1) is 9.63. The second-order valence-corrected chi connectivity index (χ2v) is 4.65. The van der Waals surface area contributed by atoms with Crippen LogP contribution in [0.1, 0.15) is 22.8 Å². The summed E-state index contributed by atoms with van der Waals surface area (Å²) < 4.78 is 6.54. The number of halogens is 1. The van der Waals surface area contributed by atoms with E-state index in [4.69, 9.17) is 11.6 Å². The standard InChI is InChI=1S/C14H16ClN3O2/c1-3-18-9-10(8-17-18)7-16-13-6-11(14(19)20-2)4-5-12(13)15/h4-6,8-9,16H,3,7H2,1-2H3. The van der Waals surface area contributed by atoms with Crippen LogP contribution < -0.4 is 5.32 Å². The molecule has 6 heteroatoms. The molecule has 0 bridgehead atoms. The van der Waals surface area contributed by atoms with Gasteiger partial charge in [-0.1, -0.05) is 11.6 Å². The van der Waals surface area contributed by atoms with Gasteiger partial charge in [0.05, 0.1) is 29.6 Å². The van der Waals surface area contributed by atoms with Gasteiger partial charge in [0.2, 0.25) is 0 Å². The van der Waals surface area contributed by atoms with Crippen molar-refractivity contribution in [3.8, 4) is 0 Å². The molecule has 1 aromatic carbocycles. The number of methoxy groups -OCH3 is 1. The van der Waals surface area contributed by atoms with E-state index in [0.29, 0.717) is 22.8 Å². The monoisotopic (exact) mass is 293 g/mol. The number of carbonyl (C=O) groups excluding carboxylic acids is 1. The van der Waals surface area contributed by atoms with E-state index < -0.39 is 0 Å². The largest absolute Gasteiger partial charge is 0.465 e. The Hall–Kier alpha value is -2.01. The van der Waals surface area contributed by atoms with Gasteiger partial charge < -0.3 is 10.1 Å². The van der Waals surface area contributed by atoms with E-state index in [9.17, 15) is 4.79 Å². The van der Waals surface area contributed by atoms with E-state index in [1.165, 1.54) is 7.11 Å². The van der Waals surface area contributed by atoms with E-state index in [0.717, 1.165) is 12.1 Å². The zero-order valence-corrected chi connectivity index (χ0v) is 12.1. The molecular formula is C14H16ClN3O2. The number of nitrogens with one attached hydrogen (secondary N) is 1. The van der Waals surface area contributed by atoms with Crippen molar-refractivity contribution in [1.29, 1.82) is 0 Å². The number of hydrogen-bond donors (Lipinski definition) is 1. The number of esters is 1. The fraction of sp³-hybridized carbons (Fsp3) is 0.286. The van der Waals surface area contributed by atoms with E-state index >= 15 is 0 Å². The lowest BCUT2D eigenvalue weighted by Gasteiger charge is -2.09. The minimum atomic E-state index is -0.386. The summed E-state index contributed by atoms with van der Waals surface area (Å²) in [6.45, 7) is 3.45. The summed E-state index contributed by atoms with van der Waals surface area (Å²) in [7, 11) is 1.35. The summed E-state index contributed by atoms with van der Waals surface area (Å²) in [4.78, 5) is 11.5. The molecule has 5 nitrogen and oxygen atoms in total. The van der Waals surface area contributed by atoms with Crippen LogP contribution in [0.25, 0.3) is 0 Å². The maximum Gasteiger partial charge on any atom is 0.337 e. The summed E-state index contributed by atoms with van der Waals surface area (Å²) in [5, 5.41) is 7.95. The number of carbonyl (C=O) groups is 1. The molecule has 0 aliphatic rings. The Bertz CT molecular complexity index is 610. The minimum Gasteiger partial charge on any atom is -0.465 e. The minimum absolute atomic E-state index is 0.386. The highest BCUT2D eigenvalue weighted by Gasteiger charge is 2.09. The van der Waals surface area contributed by atoms with Crippen LogP contribution in [0.5, 0.6) is 0 Å². The number of ether oxygens (including phenoxy) is 1. The Labute approximate surface area is 122 Å². The Morgan fingerprint density at radius 3 is 2.95 bits per heavy atom. The van der Waals surface area contributed by atoms with Crippen LogP contribution in [0.3, 0.4) is 0 Å². The normalized spacial score (nSPS) is 10.3. The van der Waals surface area contributed by atoms with Gasteiger partial charge in [0.25, 0.3) is 0 Å². The van der Waals surface area contributed by atoms with Crippen LogP contribution in [0.4, 0.5) is 5.69 Å². The van der Waals surface area contributed by atoms with Crippen LogP contribution in [0, 0.1) is 0 Å². The van der Waals surface area contributed by atoms with Crippen molar-refractivity contribution >= 4 is 23.3 Å². The second-order valence-electron chi connectivity index (χ2n) is 4.24. The summed E-state index contributed by atoms with van der Waals surface area (Å²) in [5.41, 5.74) is 2.20.